The Balaban J connectivity index is 3.12. The van der Waals surface area contributed by atoms with Crippen LogP contribution in [0.1, 0.15) is 11.4 Å². The summed E-state index contributed by atoms with van der Waals surface area (Å²) in [6, 6.07) is 3.61. The zero-order chi connectivity index (χ0) is 11.2. The summed E-state index contributed by atoms with van der Waals surface area (Å²) < 4.78 is 1.53. The average molecular weight is 223 g/mol. The van der Waals surface area contributed by atoms with E-state index in [0.717, 1.165) is 5.56 Å². The minimum Gasteiger partial charge on any atom is -0.299 e. The summed E-state index contributed by atoms with van der Waals surface area (Å²) in [5.74, 6) is 0.667. The van der Waals surface area contributed by atoms with Gasteiger partial charge in [0.1, 0.15) is 5.82 Å². The number of benzene rings is 1. The third-order valence-corrected chi connectivity index (χ3v) is 2.92. The number of aryl methyl sites for hydroxylation is 2. The standard InChI is InChI=1S/C11H11ClN2O/c1-6-4-5-8(12)10-9(6)11(15)14(3)7(2)13-10/h4-5H,1-3H3. The van der Waals surface area contributed by atoms with Crippen LogP contribution >= 0.6 is 11.6 Å². The molecule has 2 rings (SSSR count). The second kappa shape index (κ2) is 3.35. The maximum Gasteiger partial charge on any atom is 0.261 e. The van der Waals surface area contributed by atoms with Crippen molar-refractivity contribution >= 4 is 22.5 Å². The fraction of sp³-hybridized carbons (Fsp3) is 0.273. The van der Waals surface area contributed by atoms with E-state index < -0.39 is 0 Å². The Labute approximate surface area is 92.3 Å². The monoisotopic (exact) mass is 222 g/mol. The van der Waals surface area contributed by atoms with Crippen molar-refractivity contribution in [2.45, 2.75) is 13.8 Å². The molecule has 3 nitrogen and oxygen atoms in total. The Morgan fingerprint density at radius 2 is 2.00 bits per heavy atom. The number of hydrogen-bond acceptors (Lipinski definition) is 2. The maximum absolute atomic E-state index is 12.0. The first kappa shape index (κ1) is 10.2. The van der Waals surface area contributed by atoms with E-state index in [0.29, 0.717) is 21.7 Å². The number of aromatic nitrogens is 2. The Morgan fingerprint density at radius 3 is 2.67 bits per heavy atom. The highest BCUT2D eigenvalue weighted by Gasteiger charge is 2.10. The Kier molecular flexibility index (Phi) is 2.27. The van der Waals surface area contributed by atoms with Crippen molar-refractivity contribution < 1.29 is 0 Å². The molecule has 4 heteroatoms. The lowest BCUT2D eigenvalue weighted by Crippen LogP contribution is -2.21. The summed E-state index contributed by atoms with van der Waals surface area (Å²) in [7, 11) is 1.71. The first-order chi connectivity index (χ1) is 7.02. The molecule has 0 spiro atoms. The van der Waals surface area contributed by atoms with Crippen LogP contribution < -0.4 is 5.56 Å². The zero-order valence-corrected chi connectivity index (χ0v) is 9.59. The van der Waals surface area contributed by atoms with Crippen molar-refractivity contribution in [2.24, 2.45) is 7.05 Å². The number of fused-ring (bicyclic) bond motifs is 1. The highest BCUT2D eigenvalue weighted by atomic mass is 35.5. The van der Waals surface area contributed by atoms with E-state index in [1.54, 1.807) is 20.0 Å². The highest BCUT2D eigenvalue weighted by molar-refractivity contribution is 6.35. The van der Waals surface area contributed by atoms with Crippen molar-refractivity contribution in [3.8, 4) is 0 Å². The lowest BCUT2D eigenvalue weighted by molar-refractivity contribution is 0.792. The molecule has 0 amide bonds. The van der Waals surface area contributed by atoms with Gasteiger partial charge >= 0.3 is 0 Å². The third kappa shape index (κ3) is 1.43. The fourth-order valence-electron chi connectivity index (χ4n) is 1.60. The highest BCUT2D eigenvalue weighted by Crippen LogP contribution is 2.21. The molecule has 1 aromatic carbocycles. The van der Waals surface area contributed by atoms with Gasteiger partial charge in [-0.3, -0.25) is 9.36 Å². The van der Waals surface area contributed by atoms with E-state index >= 15 is 0 Å². The van der Waals surface area contributed by atoms with Crippen LogP contribution in [0.5, 0.6) is 0 Å². The third-order valence-electron chi connectivity index (χ3n) is 2.61. The van der Waals surface area contributed by atoms with Crippen LogP contribution in [0.15, 0.2) is 16.9 Å². The van der Waals surface area contributed by atoms with Crippen molar-refractivity contribution in [1.29, 1.82) is 0 Å². The topological polar surface area (TPSA) is 34.9 Å². The molecule has 0 saturated carbocycles. The Bertz CT molecular complexity index is 602. The molecule has 0 aliphatic heterocycles. The maximum atomic E-state index is 12.0. The molecule has 0 N–H and O–H groups in total. The summed E-state index contributed by atoms with van der Waals surface area (Å²) in [4.78, 5) is 16.3. The smallest absolute Gasteiger partial charge is 0.261 e. The van der Waals surface area contributed by atoms with Crippen molar-refractivity contribution in [2.75, 3.05) is 0 Å². The fourth-order valence-corrected chi connectivity index (χ4v) is 1.80. The van der Waals surface area contributed by atoms with Crippen molar-refractivity contribution in [3.63, 3.8) is 0 Å². The van der Waals surface area contributed by atoms with Crippen LogP contribution in [-0.2, 0) is 7.05 Å². The summed E-state index contributed by atoms with van der Waals surface area (Å²) in [5, 5.41) is 1.13. The van der Waals surface area contributed by atoms with Crippen molar-refractivity contribution in [1.82, 2.24) is 9.55 Å². The average Bonchev–Trinajstić information content (AvgIpc) is 2.20. The lowest BCUT2D eigenvalue weighted by atomic mass is 10.1. The van der Waals surface area contributed by atoms with Crippen LogP contribution in [0.4, 0.5) is 0 Å². The SMILES string of the molecule is Cc1ccc(Cl)c2nc(C)n(C)c(=O)c12. The van der Waals surface area contributed by atoms with Gasteiger partial charge in [0.25, 0.3) is 5.56 Å². The molecule has 0 aliphatic carbocycles. The molecule has 0 atom stereocenters. The van der Waals surface area contributed by atoms with Gasteiger partial charge in [0, 0.05) is 7.05 Å². The van der Waals surface area contributed by atoms with Gasteiger partial charge in [0.2, 0.25) is 0 Å². The number of hydrogen-bond donors (Lipinski definition) is 0. The molecule has 0 fully saturated rings. The van der Waals surface area contributed by atoms with E-state index in [-0.39, 0.29) is 5.56 Å². The minimum atomic E-state index is -0.0440. The second-order valence-electron chi connectivity index (χ2n) is 3.61. The molecule has 0 radical (unpaired) electrons. The largest absolute Gasteiger partial charge is 0.299 e. The van der Waals surface area contributed by atoms with E-state index in [9.17, 15) is 4.79 Å². The normalized spacial score (nSPS) is 10.9. The summed E-state index contributed by atoms with van der Waals surface area (Å²) in [6.07, 6.45) is 0. The van der Waals surface area contributed by atoms with E-state index in [2.05, 4.69) is 4.98 Å². The van der Waals surface area contributed by atoms with Gasteiger partial charge in [-0.2, -0.15) is 0 Å². The van der Waals surface area contributed by atoms with Crippen LogP contribution in [0, 0.1) is 13.8 Å². The summed E-state index contributed by atoms with van der Waals surface area (Å²) in [5.41, 5.74) is 1.46. The number of rotatable bonds is 0. The van der Waals surface area contributed by atoms with E-state index in [4.69, 9.17) is 11.6 Å². The van der Waals surface area contributed by atoms with Gasteiger partial charge in [-0.25, -0.2) is 4.98 Å². The molecule has 0 unspecified atom stereocenters. The molecule has 0 bridgehead atoms. The second-order valence-corrected chi connectivity index (χ2v) is 4.02. The molecular weight excluding hydrogens is 212 g/mol. The summed E-state index contributed by atoms with van der Waals surface area (Å²) >= 11 is 6.01. The quantitative estimate of drug-likeness (QED) is 0.685. The molecule has 0 aliphatic rings. The van der Waals surface area contributed by atoms with Crippen LogP contribution in [-0.4, -0.2) is 9.55 Å². The Morgan fingerprint density at radius 1 is 1.33 bits per heavy atom. The lowest BCUT2D eigenvalue weighted by Gasteiger charge is -2.07. The van der Waals surface area contributed by atoms with E-state index in [1.807, 2.05) is 13.0 Å². The van der Waals surface area contributed by atoms with Gasteiger partial charge in [0.15, 0.2) is 0 Å². The predicted octanol–water partition coefficient (Wildman–Crippen LogP) is 2.20. The first-order valence-corrected chi connectivity index (χ1v) is 5.02. The van der Waals surface area contributed by atoms with Gasteiger partial charge in [-0.05, 0) is 25.5 Å². The summed E-state index contributed by atoms with van der Waals surface area (Å²) in [6.45, 7) is 3.68. The van der Waals surface area contributed by atoms with Crippen LogP contribution in [0.25, 0.3) is 10.9 Å². The van der Waals surface area contributed by atoms with E-state index in [1.165, 1.54) is 4.57 Å². The first-order valence-electron chi connectivity index (χ1n) is 4.65. The molecule has 15 heavy (non-hydrogen) atoms. The van der Waals surface area contributed by atoms with Gasteiger partial charge < -0.3 is 0 Å². The molecule has 0 saturated heterocycles. The number of nitrogens with zero attached hydrogens (tertiary/aromatic N) is 2. The van der Waals surface area contributed by atoms with Crippen molar-refractivity contribution in [3.05, 3.63) is 38.9 Å². The van der Waals surface area contributed by atoms with Gasteiger partial charge in [-0.1, -0.05) is 17.7 Å². The van der Waals surface area contributed by atoms with Gasteiger partial charge in [-0.15, -0.1) is 0 Å². The van der Waals surface area contributed by atoms with Crippen LogP contribution in [0.3, 0.4) is 0 Å². The number of halogens is 1. The molecular formula is C11H11ClN2O. The van der Waals surface area contributed by atoms with Crippen LogP contribution in [0.2, 0.25) is 5.02 Å². The van der Waals surface area contributed by atoms with Gasteiger partial charge in [0.05, 0.1) is 15.9 Å². The minimum absolute atomic E-state index is 0.0440. The molecule has 78 valence electrons. The zero-order valence-electron chi connectivity index (χ0n) is 8.84. The molecule has 2 aromatic rings. The predicted molar refractivity (Wildman–Crippen MR) is 61.5 cm³/mol. The molecule has 1 heterocycles. The Hall–Kier alpha value is -1.35. The molecule has 1 aromatic heterocycles.